The molecule has 0 spiro atoms. The molecule has 3 aromatic heterocycles. The molecule has 32 heavy (non-hydrogen) atoms. The van der Waals surface area contributed by atoms with Crippen LogP contribution in [0.5, 0.6) is 0 Å². The molecule has 3 heterocycles. The van der Waals surface area contributed by atoms with Crippen LogP contribution >= 0.6 is 11.8 Å². The number of furan rings is 2. The van der Waals surface area contributed by atoms with E-state index in [1.54, 1.807) is 31.2 Å². The summed E-state index contributed by atoms with van der Waals surface area (Å²) >= 11 is 1.11. The Kier molecular flexibility index (Phi) is 6.08. The van der Waals surface area contributed by atoms with E-state index in [-0.39, 0.29) is 16.0 Å². The monoisotopic (exact) mass is 471 g/mol. The number of thioether (sulfide) groups is 1. The van der Waals surface area contributed by atoms with Crippen molar-refractivity contribution < 1.29 is 22.0 Å². The summed E-state index contributed by atoms with van der Waals surface area (Å²) in [7, 11) is -3.80. The van der Waals surface area contributed by atoms with E-state index < -0.39 is 15.3 Å². The zero-order valence-corrected chi connectivity index (χ0v) is 18.3. The SMILES string of the molecule is CC(Sc1nnc(-c2ccco2)c(-c2ccco2)n1)C(=O)Nc1ccc(S(N)(=O)=O)cc1. The van der Waals surface area contributed by atoms with Gasteiger partial charge in [0.2, 0.25) is 21.1 Å². The number of hydrogen-bond acceptors (Lipinski definition) is 9. The van der Waals surface area contributed by atoms with Crippen molar-refractivity contribution in [3.63, 3.8) is 0 Å². The third kappa shape index (κ3) is 4.88. The molecule has 0 saturated carbocycles. The van der Waals surface area contributed by atoms with Gasteiger partial charge in [0.05, 0.1) is 22.7 Å². The Labute approximate surface area is 187 Å². The van der Waals surface area contributed by atoms with Crippen LogP contribution in [0.25, 0.3) is 22.9 Å². The molecule has 0 radical (unpaired) electrons. The van der Waals surface area contributed by atoms with Crippen molar-refractivity contribution in [2.24, 2.45) is 5.14 Å². The molecule has 0 aliphatic rings. The predicted molar refractivity (Wildman–Crippen MR) is 117 cm³/mol. The summed E-state index contributed by atoms with van der Waals surface area (Å²) in [5, 5.41) is 15.8. The molecule has 164 valence electrons. The van der Waals surface area contributed by atoms with Crippen molar-refractivity contribution in [3.8, 4) is 22.9 Å². The summed E-state index contributed by atoms with van der Waals surface area (Å²) in [4.78, 5) is 17.1. The number of hydrogen-bond donors (Lipinski definition) is 2. The fourth-order valence-corrected chi connectivity index (χ4v) is 3.94. The van der Waals surface area contributed by atoms with Gasteiger partial charge >= 0.3 is 0 Å². The lowest BCUT2D eigenvalue weighted by atomic mass is 10.2. The van der Waals surface area contributed by atoms with Crippen molar-refractivity contribution in [2.45, 2.75) is 22.2 Å². The van der Waals surface area contributed by atoms with Crippen LogP contribution in [-0.4, -0.2) is 34.8 Å². The summed E-state index contributed by atoms with van der Waals surface area (Å²) in [6.07, 6.45) is 3.04. The number of amides is 1. The molecule has 0 bridgehead atoms. The smallest absolute Gasteiger partial charge is 0.238 e. The molecule has 1 aromatic carbocycles. The average molecular weight is 472 g/mol. The maximum absolute atomic E-state index is 12.6. The van der Waals surface area contributed by atoms with Crippen molar-refractivity contribution in [1.82, 2.24) is 15.2 Å². The first-order chi connectivity index (χ1) is 15.3. The van der Waals surface area contributed by atoms with Crippen LogP contribution in [0.3, 0.4) is 0 Å². The lowest BCUT2D eigenvalue weighted by Crippen LogP contribution is -2.23. The van der Waals surface area contributed by atoms with Gasteiger partial charge in [-0.2, -0.15) is 0 Å². The van der Waals surface area contributed by atoms with Crippen LogP contribution < -0.4 is 10.5 Å². The maximum Gasteiger partial charge on any atom is 0.238 e. The van der Waals surface area contributed by atoms with Crippen LogP contribution in [0, 0.1) is 0 Å². The lowest BCUT2D eigenvalue weighted by molar-refractivity contribution is -0.115. The van der Waals surface area contributed by atoms with E-state index in [0.29, 0.717) is 28.6 Å². The molecular formula is C20H17N5O5S2. The second-order valence-electron chi connectivity index (χ2n) is 6.56. The van der Waals surface area contributed by atoms with Crippen LogP contribution in [0.15, 0.2) is 79.9 Å². The fraction of sp³-hybridized carbons (Fsp3) is 0.100. The van der Waals surface area contributed by atoms with Gasteiger partial charge < -0.3 is 14.2 Å². The van der Waals surface area contributed by atoms with Crippen molar-refractivity contribution >= 4 is 33.4 Å². The van der Waals surface area contributed by atoms with E-state index in [9.17, 15) is 13.2 Å². The Morgan fingerprint density at radius 3 is 2.19 bits per heavy atom. The molecule has 3 N–H and O–H groups in total. The largest absolute Gasteiger partial charge is 0.463 e. The Balaban J connectivity index is 1.51. The molecule has 0 fully saturated rings. The molecule has 0 aliphatic heterocycles. The number of aromatic nitrogens is 3. The number of carbonyl (C=O) groups excluding carboxylic acids is 1. The highest BCUT2D eigenvalue weighted by Gasteiger charge is 2.21. The maximum atomic E-state index is 12.6. The first-order valence-corrected chi connectivity index (χ1v) is 11.7. The predicted octanol–water partition coefficient (Wildman–Crippen LogP) is 3.16. The van der Waals surface area contributed by atoms with E-state index in [2.05, 4.69) is 20.5 Å². The van der Waals surface area contributed by atoms with Crippen LogP contribution in [0.4, 0.5) is 5.69 Å². The second-order valence-corrected chi connectivity index (χ2v) is 9.43. The van der Waals surface area contributed by atoms with Gasteiger partial charge in [-0.05, 0) is 55.5 Å². The molecule has 12 heteroatoms. The summed E-state index contributed by atoms with van der Waals surface area (Å²) in [6.45, 7) is 1.69. The molecule has 1 atom stereocenters. The standard InChI is InChI=1S/C20H17N5O5S2/c1-12(19(26)22-13-6-8-14(9-7-13)32(21,27)28)31-20-23-17(15-4-2-10-29-15)18(24-25-20)16-5-3-11-30-16/h2-12H,1H3,(H,22,26)(H2,21,27,28). The van der Waals surface area contributed by atoms with Crippen molar-refractivity contribution in [3.05, 3.63) is 61.1 Å². The number of primary sulfonamides is 1. The Hall–Kier alpha value is -3.48. The van der Waals surface area contributed by atoms with Crippen LogP contribution in [-0.2, 0) is 14.8 Å². The number of sulfonamides is 1. The summed E-state index contributed by atoms with van der Waals surface area (Å²) in [5.74, 6) is 0.651. The number of carbonyl (C=O) groups is 1. The molecule has 0 saturated heterocycles. The molecular weight excluding hydrogens is 454 g/mol. The highest BCUT2D eigenvalue weighted by atomic mass is 32.2. The van der Waals surface area contributed by atoms with Gasteiger partial charge in [-0.1, -0.05) is 11.8 Å². The Morgan fingerprint density at radius 2 is 1.62 bits per heavy atom. The van der Waals surface area contributed by atoms with Gasteiger partial charge in [0.15, 0.2) is 17.2 Å². The van der Waals surface area contributed by atoms with E-state index >= 15 is 0 Å². The van der Waals surface area contributed by atoms with Crippen molar-refractivity contribution in [1.29, 1.82) is 0 Å². The van der Waals surface area contributed by atoms with Gasteiger partial charge in [0.25, 0.3) is 0 Å². The van der Waals surface area contributed by atoms with E-state index in [1.807, 2.05) is 0 Å². The minimum absolute atomic E-state index is 0.0421. The number of rotatable bonds is 7. The number of anilines is 1. The number of nitrogens with zero attached hydrogens (tertiary/aromatic N) is 3. The first kappa shape index (κ1) is 21.7. The third-order valence-electron chi connectivity index (χ3n) is 4.28. The van der Waals surface area contributed by atoms with Gasteiger partial charge in [0.1, 0.15) is 5.69 Å². The molecule has 10 nitrogen and oxygen atoms in total. The quantitative estimate of drug-likeness (QED) is 0.387. The van der Waals surface area contributed by atoms with Crippen molar-refractivity contribution in [2.75, 3.05) is 5.32 Å². The number of nitrogens with one attached hydrogen (secondary N) is 1. The summed E-state index contributed by atoms with van der Waals surface area (Å²) in [6, 6.07) is 12.5. The van der Waals surface area contributed by atoms with Crippen LogP contribution in [0.2, 0.25) is 0 Å². The number of benzene rings is 1. The highest BCUT2D eigenvalue weighted by molar-refractivity contribution is 8.00. The lowest BCUT2D eigenvalue weighted by Gasteiger charge is -2.12. The molecule has 0 aliphatic carbocycles. The highest BCUT2D eigenvalue weighted by Crippen LogP contribution is 2.31. The first-order valence-electron chi connectivity index (χ1n) is 9.24. The number of nitrogens with two attached hydrogens (primary N) is 1. The minimum Gasteiger partial charge on any atom is -0.463 e. The van der Waals surface area contributed by atoms with Gasteiger partial charge in [0, 0.05) is 5.69 Å². The molecule has 4 aromatic rings. The molecule has 4 rings (SSSR count). The van der Waals surface area contributed by atoms with Gasteiger partial charge in [-0.3, -0.25) is 4.79 Å². The Bertz CT molecular complexity index is 1320. The topological polar surface area (TPSA) is 154 Å². The average Bonchev–Trinajstić information content (AvgIpc) is 3.48. The Morgan fingerprint density at radius 1 is 1.00 bits per heavy atom. The third-order valence-corrected chi connectivity index (χ3v) is 6.16. The minimum atomic E-state index is -3.80. The summed E-state index contributed by atoms with van der Waals surface area (Å²) in [5.41, 5.74) is 1.29. The molecule has 1 unspecified atom stereocenters. The normalized spacial score (nSPS) is 12.4. The van der Waals surface area contributed by atoms with Gasteiger partial charge in [-0.25, -0.2) is 18.5 Å². The van der Waals surface area contributed by atoms with E-state index in [0.717, 1.165) is 11.8 Å². The molecule has 1 amide bonds. The zero-order valence-electron chi connectivity index (χ0n) is 16.6. The zero-order chi connectivity index (χ0) is 22.7. The van der Waals surface area contributed by atoms with Gasteiger partial charge in [-0.15, -0.1) is 10.2 Å². The van der Waals surface area contributed by atoms with E-state index in [1.165, 1.54) is 36.8 Å². The van der Waals surface area contributed by atoms with Crippen LogP contribution in [0.1, 0.15) is 6.92 Å². The second kappa shape index (κ2) is 8.94. The fourth-order valence-electron chi connectivity index (χ4n) is 2.71. The summed E-state index contributed by atoms with van der Waals surface area (Å²) < 4.78 is 33.6. The van der Waals surface area contributed by atoms with E-state index in [4.69, 9.17) is 14.0 Å².